The molecule has 0 spiro atoms. The van der Waals surface area contributed by atoms with Crippen LogP contribution in [0.25, 0.3) is 5.57 Å². The lowest BCUT2D eigenvalue weighted by Gasteiger charge is -2.34. The highest BCUT2D eigenvalue weighted by molar-refractivity contribution is 6.45. The van der Waals surface area contributed by atoms with Crippen LogP contribution in [0.3, 0.4) is 0 Å². The van der Waals surface area contributed by atoms with Crippen LogP contribution in [-0.2, 0) is 9.59 Å². The molecule has 2 aromatic carbocycles. The second-order valence-electron chi connectivity index (χ2n) is 8.36. The Bertz CT molecular complexity index is 997. The minimum atomic E-state index is -0.294. The molecule has 4 rings (SSSR count). The van der Waals surface area contributed by atoms with Crippen molar-refractivity contribution in [2.24, 2.45) is 5.92 Å². The van der Waals surface area contributed by atoms with E-state index in [9.17, 15) is 14.7 Å². The van der Waals surface area contributed by atoms with Crippen molar-refractivity contribution < 1.29 is 14.7 Å². The highest BCUT2D eigenvalue weighted by atomic mass is 16.3. The second kappa shape index (κ2) is 9.57. The van der Waals surface area contributed by atoms with Gasteiger partial charge in [-0.2, -0.15) is 0 Å². The summed E-state index contributed by atoms with van der Waals surface area (Å²) in [4.78, 5) is 32.8. The van der Waals surface area contributed by atoms with Crippen molar-refractivity contribution in [1.29, 1.82) is 0 Å². The molecule has 2 amide bonds. The number of anilines is 2. The predicted octanol–water partition coefficient (Wildman–Crippen LogP) is 3.52. The van der Waals surface area contributed by atoms with E-state index in [0.717, 1.165) is 37.2 Å². The fourth-order valence-electron chi connectivity index (χ4n) is 4.73. The van der Waals surface area contributed by atoms with Gasteiger partial charge in [-0.1, -0.05) is 30.3 Å². The highest BCUT2D eigenvalue weighted by Crippen LogP contribution is 2.36. The first-order valence-electron chi connectivity index (χ1n) is 11.5. The summed E-state index contributed by atoms with van der Waals surface area (Å²) in [5.74, 6) is -0.473. The molecule has 6 nitrogen and oxygen atoms in total. The number of aliphatic hydroxyl groups is 1. The van der Waals surface area contributed by atoms with Gasteiger partial charge in [-0.15, -0.1) is 0 Å². The molecule has 2 heterocycles. The molecule has 2 aromatic rings. The van der Waals surface area contributed by atoms with E-state index in [1.54, 1.807) is 0 Å². The van der Waals surface area contributed by atoms with E-state index in [2.05, 4.69) is 18.7 Å². The van der Waals surface area contributed by atoms with Crippen molar-refractivity contribution >= 4 is 28.8 Å². The first kappa shape index (κ1) is 22.1. The Morgan fingerprint density at radius 2 is 1.66 bits per heavy atom. The standard InChI is InChI=1S/C26H31N3O3/c1-3-27(4-2)21-12-14-22(15-13-21)29-25(31)23(20-10-6-5-7-11-20)24(26(29)32)28-16-8-9-19(17-28)18-30/h5-7,10-15,19,30H,3-4,8-9,16-18H2,1-2H3. The predicted molar refractivity (Wildman–Crippen MR) is 127 cm³/mol. The van der Waals surface area contributed by atoms with Crippen LogP contribution in [0.2, 0.25) is 0 Å². The molecule has 6 heteroatoms. The zero-order valence-corrected chi connectivity index (χ0v) is 18.8. The van der Waals surface area contributed by atoms with Gasteiger partial charge in [-0.25, -0.2) is 4.90 Å². The van der Waals surface area contributed by atoms with E-state index in [-0.39, 0.29) is 24.3 Å². The third-order valence-electron chi connectivity index (χ3n) is 6.45. The molecule has 1 fully saturated rings. The van der Waals surface area contributed by atoms with Gasteiger partial charge in [0.15, 0.2) is 0 Å². The van der Waals surface area contributed by atoms with Crippen LogP contribution in [0.5, 0.6) is 0 Å². The number of hydrogen-bond donors (Lipinski definition) is 1. The lowest BCUT2D eigenvalue weighted by molar-refractivity contribution is -0.120. The molecule has 168 valence electrons. The van der Waals surface area contributed by atoms with Crippen molar-refractivity contribution in [3.05, 3.63) is 65.9 Å². The number of benzene rings is 2. The minimum absolute atomic E-state index is 0.0864. The number of imide groups is 1. The number of carbonyl (C=O) groups is 2. The molecule has 1 N–H and O–H groups in total. The molecule has 0 saturated carbocycles. The summed E-state index contributed by atoms with van der Waals surface area (Å²) >= 11 is 0. The Hall–Kier alpha value is -3.12. The molecule has 2 aliphatic heterocycles. The van der Waals surface area contributed by atoms with Gasteiger partial charge >= 0.3 is 0 Å². The summed E-state index contributed by atoms with van der Waals surface area (Å²) in [5, 5.41) is 9.68. The molecule has 0 bridgehead atoms. The summed E-state index contributed by atoms with van der Waals surface area (Å²) in [6.45, 7) is 7.36. The molecule has 32 heavy (non-hydrogen) atoms. The fraction of sp³-hybridized carbons (Fsp3) is 0.385. The number of piperidine rings is 1. The smallest absolute Gasteiger partial charge is 0.282 e. The topological polar surface area (TPSA) is 64.1 Å². The molecule has 0 aromatic heterocycles. The van der Waals surface area contributed by atoms with Gasteiger partial charge in [-0.05, 0) is 62.4 Å². The summed E-state index contributed by atoms with van der Waals surface area (Å²) in [7, 11) is 0. The van der Waals surface area contributed by atoms with Gasteiger partial charge in [0.2, 0.25) is 0 Å². The van der Waals surface area contributed by atoms with Crippen molar-refractivity contribution in [3.8, 4) is 0 Å². The number of nitrogens with zero attached hydrogens (tertiary/aromatic N) is 3. The van der Waals surface area contributed by atoms with Gasteiger partial charge in [0.1, 0.15) is 5.70 Å². The first-order valence-corrected chi connectivity index (χ1v) is 11.5. The van der Waals surface area contributed by atoms with E-state index in [4.69, 9.17) is 0 Å². The van der Waals surface area contributed by atoms with Gasteiger partial charge in [-0.3, -0.25) is 9.59 Å². The average molecular weight is 434 g/mol. The molecular weight excluding hydrogens is 402 g/mol. The largest absolute Gasteiger partial charge is 0.396 e. The van der Waals surface area contributed by atoms with Crippen LogP contribution in [-0.4, -0.2) is 54.6 Å². The van der Waals surface area contributed by atoms with E-state index in [0.29, 0.717) is 30.0 Å². The van der Waals surface area contributed by atoms with E-state index in [1.807, 2.05) is 59.5 Å². The molecule has 0 radical (unpaired) electrons. The molecule has 1 saturated heterocycles. The molecule has 2 aliphatic rings. The summed E-state index contributed by atoms with van der Waals surface area (Å²) in [5.41, 5.74) is 3.29. The van der Waals surface area contributed by atoms with Crippen LogP contribution in [0.1, 0.15) is 32.3 Å². The Labute approximate surface area is 189 Å². The van der Waals surface area contributed by atoms with Crippen molar-refractivity contribution in [1.82, 2.24) is 4.90 Å². The van der Waals surface area contributed by atoms with Crippen molar-refractivity contribution in [3.63, 3.8) is 0 Å². The number of amides is 2. The molecule has 1 atom stereocenters. The Balaban J connectivity index is 1.72. The Morgan fingerprint density at radius 1 is 0.969 bits per heavy atom. The lowest BCUT2D eigenvalue weighted by atomic mass is 9.97. The number of likely N-dealkylation sites (tertiary alicyclic amines) is 1. The van der Waals surface area contributed by atoms with Crippen molar-refractivity contribution in [2.75, 3.05) is 42.6 Å². The van der Waals surface area contributed by atoms with E-state index >= 15 is 0 Å². The molecule has 1 unspecified atom stereocenters. The second-order valence-corrected chi connectivity index (χ2v) is 8.36. The van der Waals surface area contributed by atoms with Gasteiger partial charge < -0.3 is 14.9 Å². The Morgan fingerprint density at radius 3 is 2.28 bits per heavy atom. The lowest BCUT2D eigenvalue weighted by Crippen LogP contribution is -2.40. The van der Waals surface area contributed by atoms with Crippen LogP contribution >= 0.6 is 0 Å². The SMILES string of the molecule is CCN(CC)c1ccc(N2C(=O)C(c3ccccc3)=C(N3CCCC(CO)C3)C2=O)cc1. The number of aliphatic hydroxyl groups excluding tert-OH is 1. The third-order valence-corrected chi connectivity index (χ3v) is 6.45. The van der Waals surface area contributed by atoms with E-state index in [1.165, 1.54) is 4.90 Å². The maximum atomic E-state index is 13.7. The minimum Gasteiger partial charge on any atom is -0.396 e. The maximum absolute atomic E-state index is 13.7. The monoisotopic (exact) mass is 433 g/mol. The van der Waals surface area contributed by atoms with Gasteiger partial charge in [0, 0.05) is 38.5 Å². The number of rotatable bonds is 7. The average Bonchev–Trinajstić information content (AvgIpc) is 3.11. The quantitative estimate of drug-likeness (QED) is 0.677. The molecule has 0 aliphatic carbocycles. The number of hydrogen-bond acceptors (Lipinski definition) is 5. The summed E-state index contributed by atoms with van der Waals surface area (Å²) in [6, 6.07) is 17.0. The summed E-state index contributed by atoms with van der Waals surface area (Å²) < 4.78 is 0. The van der Waals surface area contributed by atoms with E-state index < -0.39 is 0 Å². The highest BCUT2D eigenvalue weighted by Gasteiger charge is 2.43. The summed E-state index contributed by atoms with van der Waals surface area (Å²) in [6.07, 6.45) is 1.82. The van der Waals surface area contributed by atoms with Crippen molar-refractivity contribution in [2.45, 2.75) is 26.7 Å². The maximum Gasteiger partial charge on any atom is 0.282 e. The van der Waals surface area contributed by atoms with Crippen LogP contribution in [0.15, 0.2) is 60.3 Å². The fourth-order valence-corrected chi connectivity index (χ4v) is 4.73. The zero-order chi connectivity index (χ0) is 22.7. The Kier molecular flexibility index (Phi) is 6.61. The zero-order valence-electron chi connectivity index (χ0n) is 18.8. The normalized spacial score (nSPS) is 19.2. The first-order chi connectivity index (χ1) is 15.6. The number of carbonyl (C=O) groups excluding carboxylic acids is 2. The van der Waals surface area contributed by atoms with Crippen LogP contribution in [0, 0.1) is 5.92 Å². The van der Waals surface area contributed by atoms with Gasteiger partial charge in [0.25, 0.3) is 11.8 Å². The van der Waals surface area contributed by atoms with Gasteiger partial charge in [0.05, 0.1) is 11.3 Å². The third kappa shape index (κ3) is 4.02. The molecular formula is C26H31N3O3. The van der Waals surface area contributed by atoms with Crippen LogP contribution < -0.4 is 9.80 Å². The van der Waals surface area contributed by atoms with Crippen LogP contribution in [0.4, 0.5) is 11.4 Å².